The van der Waals surface area contributed by atoms with E-state index >= 15 is 0 Å². The van der Waals surface area contributed by atoms with E-state index in [1.807, 2.05) is 34.1 Å². The number of fused-ring (bicyclic) bond motifs is 1. The van der Waals surface area contributed by atoms with Crippen LogP contribution < -0.4 is 0 Å². The van der Waals surface area contributed by atoms with Gasteiger partial charge in [-0.3, -0.25) is 19.4 Å². The normalized spacial score (nSPS) is 19.0. The Hall–Kier alpha value is -2.21. The molecule has 1 amide bonds. The summed E-state index contributed by atoms with van der Waals surface area (Å²) >= 11 is 0. The third-order valence-corrected chi connectivity index (χ3v) is 5.32. The van der Waals surface area contributed by atoms with E-state index in [0.29, 0.717) is 11.7 Å². The Labute approximate surface area is 148 Å². The van der Waals surface area contributed by atoms with Gasteiger partial charge in [0.05, 0.1) is 12.2 Å². The molecule has 4 rings (SSSR count). The standard InChI is InChI=1S/C19H25N5O/c1-15(11-16-5-4-6-20-13-16)23-9-10-24-17(14-23)12-18(21-24)19(25)22-7-2-3-8-22/h4-6,12-13,15H,2-3,7-11,14H2,1H3/t15-/m1/s1. The van der Waals surface area contributed by atoms with Crippen molar-refractivity contribution in [3.8, 4) is 0 Å². The van der Waals surface area contributed by atoms with Crippen molar-refractivity contribution in [2.45, 2.75) is 45.3 Å². The van der Waals surface area contributed by atoms with E-state index in [2.05, 4.69) is 28.0 Å². The molecule has 1 atom stereocenters. The zero-order chi connectivity index (χ0) is 17.2. The fourth-order valence-electron chi connectivity index (χ4n) is 3.84. The van der Waals surface area contributed by atoms with Gasteiger partial charge >= 0.3 is 0 Å². The van der Waals surface area contributed by atoms with E-state index in [0.717, 1.165) is 57.7 Å². The second-order valence-corrected chi connectivity index (χ2v) is 7.13. The summed E-state index contributed by atoms with van der Waals surface area (Å²) in [5.41, 5.74) is 3.02. The number of likely N-dealkylation sites (tertiary alicyclic amines) is 1. The Balaban J connectivity index is 1.43. The molecular weight excluding hydrogens is 314 g/mol. The molecule has 0 unspecified atom stereocenters. The lowest BCUT2D eigenvalue weighted by Crippen LogP contribution is -2.40. The van der Waals surface area contributed by atoms with Crippen LogP contribution in [0.3, 0.4) is 0 Å². The number of rotatable bonds is 4. The Morgan fingerprint density at radius 2 is 2.08 bits per heavy atom. The number of nitrogens with zero attached hydrogens (tertiary/aromatic N) is 5. The molecule has 1 saturated heterocycles. The molecule has 6 heteroatoms. The van der Waals surface area contributed by atoms with Gasteiger partial charge in [0.1, 0.15) is 0 Å². The summed E-state index contributed by atoms with van der Waals surface area (Å²) in [4.78, 5) is 21.1. The molecule has 4 heterocycles. The van der Waals surface area contributed by atoms with Gasteiger partial charge in [0, 0.05) is 44.6 Å². The summed E-state index contributed by atoms with van der Waals surface area (Å²) in [6.45, 7) is 6.66. The third-order valence-electron chi connectivity index (χ3n) is 5.32. The molecule has 0 bridgehead atoms. The van der Waals surface area contributed by atoms with Crippen LogP contribution in [0.25, 0.3) is 0 Å². The molecule has 0 saturated carbocycles. The maximum Gasteiger partial charge on any atom is 0.274 e. The van der Waals surface area contributed by atoms with Crippen LogP contribution >= 0.6 is 0 Å². The van der Waals surface area contributed by atoms with Crippen LogP contribution in [0.15, 0.2) is 30.6 Å². The molecule has 2 aromatic rings. The first-order valence-electron chi connectivity index (χ1n) is 9.19. The van der Waals surface area contributed by atoms with Crippen molar-refractivity contribution in [1.29, 1.82) is 0 Å². The average Bonchev–Trinajstić information content (AvgIpc) is 3.31. The zero-order valence-electron chi connectivity index (χ0n) is 14.8. The minimum Gasteiger partial charge on any atom is -0.337 e. The van der Waals surface area contributed by atoms with Crippen LogP contribution in [-0.4, -0.2) is 56.1 Å². The first kappa shape index (κ1) is 16.3. The fourth-order valence-corrected chi connectivity index (χ4v) is 3.84. The molecular formula is C19H25N5O. The summed E-state index contributed by atoms with van der Waals surface area (Å²) < 4.78 is 2.01. The topological polar surface area (TPSA) is 54.3 Å². The number of hydrogen-bond donors (Lipinski definition) is 0. The van der Waals surface area contributed by atoms with Crippen molar-refractivity contribution in [2.24, 2.45) is 0 Å². The monoisotopic (exact) mass is 339 g/mol. The number of aromatic nitrogens is 3. The maximum absolute atomic E-state index is 12.6. The summed E-state index contributed by atoms with van der Waals surface area (Å²) in [6, 6.07) is 6.54. The van der Waals surface area contributed by atoms with E-state index in [-0.39, 0.29) is 5.91 Å². The summed E-state index contributed by atoms with van der Waals surface area (Å²) in [6.07, 6.45) is 6.96. The molecule has 2 aliphatic heterocycles. The molecule has 0 spiro atoms. The minimum absolute atomic E-state index is 0.0920. The van der Waals surface area contributed by atoms with E-state index in [1.54, 1.807) is 0 Å². The lowest BCUT2D eigenvalue weighted by atomic mass is 10.1. The molecule has 25 heavy (non-hydrogen) atoms. The highest BCUT2D eigenvalue weighted by atomic mass is 16.2. The van der Waals surface area contributed by atoms with E-state index in [9.17, 15) is 4.79 Å². The van der Waals surface area contributed by atoms with E-state index in [4.69, 9.17) is 0 Å². The molecule has 0 aromatic carbocycles. The predicted octanol–water partition coefficient (Wildman–Crippen LogP) is 1.96. The molecule has 132 valence electrons. The fraction of sp³-hybridized carbons (Fsp3) is 0.526. The Kier molecular flexibility index (Phi) is 4.53. The van der Waals surface area contributed by atoms with Gasteiger partial charge in [-0.05, 0) is 43.9 Å². The first-order valence-corrected chi connectivity index (χ1v) is 9.19. The highest BCUT2D eigenvalue weighted by Crippen LogP contribution is 2.20. The predicted molar refractivity (Wildman–Crippen MR) is 95.2 cm³/mol. The number of hydrogen-bond acceptors (Lipinski definition) is 4. The van der Waals surface area contributed by atoms with Crippen LogP contribution in [0.1, 0.15) is 41.5 Å². The van der Waals surface area contributed by atoms with Gasteiger partial charge in [0.15, 0.2) is 5.69 Å². The lowest BCUT2D eigenvalue weighted by Gasteiger charge is -2.32. The Bertz CT molecular complexity index is 736. The number of pyridine rings is 1. The molecule has 0 N–H and O–H groups in total. The quantitative estimate of drug-likeness (QED) is 0.854. The van der Waals surface area contributed by atoms with Crippen molar-refractivity contribution < 1.29 is 4.79 Å². The Morgan fingerprint density at radius 3 is 2.84 bits per heavy atom. The zero-order valence-corrected chi connectivity index (χ0v) is 14.8. The van der Waals surface area contributed by atoms with Crippen LogP contribution in [0.5, 0.6) is 0 Å². The summed E-state index contributed by atoms with van der Waals surface area (Å²) in [7, 11) is 0. The number of amides is 1. The summed E-state index contributed by atoms with van der Waals surface area (Å²) in [5, 5.41) is 4.56. The first-order chi connectivity index (χ1) is 12.2. The second-order valence-electron chi connectivity index (χ2n) is 7.13. The van der Waals surface area contributed by atoms with Crippen molar-refractivity contribution in [3.05, 3.63) is 47.5 Å². The number of carbonyl (C=O) groups excluding carboxylic acids is 1. The van der Waals surface area contributed by atoms with Crippen molar-refractivity contribution in [2.75, 3.05) is 19.6 Å². The van der Waals surface area contributed by atoms with Crippen LogP contribution in [0.2, 0.25) is 0 Å². The van der Waals surface area contributed by atoms with Crippen molar-refractivity contribution in [3.63, 3.8) is 0 Å². The van der Waals surface area contributed by atoms with E-state index in [1.165, 1.54) is 5.56 Å². The van der Waals surface area contributed by atoms with Crippen molar-refractivity contribution >= 4 is 5.91 Å². The van der Waals surface area contributed by atoms with Gasteiger partial charge in [-0.15, -0.1) is 0 Å². The molecule has 2 aromatic heterocycles. The highest BCUT2D eigenvalue weighted by molar-refractivity contribution is 5.92. The van der Waals surface area contributed by atoms with Gasteiger partial charge in [-0.1, -0.05) is 6.07 Å². The maximum atomic E-state index is 12.6. The number of carbonyl (C=O) groups is 1. The van der Waals surface area contributed by atoms with Gasteiger partial charge in [-0.25, -0.2) is 0 Å². The molecule has 2 aliphatic rings. The SMILES string of the molecule is C[C@H](Cc1cccnc1)N1CCn2nc(C(=O)N3CCCC3)cc2C1. The van der Waals surface area contributed by atoms with E-state index < -0.39 is 0 Å². The smallest absolute Gasteiger partial charge is 0.274 e. The average molecular weight is 339 g/mol. The van der Waals surface area contributed by atoms with Gasteiger partial charge in [-0.2, -0.15) is 5.10 Å². The van der Waals surface area contributed by atoms with Gasteiger partial charge in [0.25, 0.3) is 5.91 Å². The molecule has 0 radical (unpaired) electrons. The van der Waals surface area contributed by atoms with Crippen LogP contribution in [0, 0.1) is 0 Å². The van der Waals surface area contributed by atoms with Crippen molar-refractivity contribution in [1.82, 2.24) is 24.6 Å². The lowest BCUT2D eigenvalue weighted by molar-refractivity contribution is 0.0785. The largest absolute Gasteiger partial charge is 0.337 e. The molecule has 1 fully saturated rings. The highest BCUT2D eigenvalue weighted by Gasteiger charge is 2.26. The molecule has 6 nitrogen and oxygen atoms in total. The van der Waals surface area contributed by atoms with Gasteiger partial charge < -0.3 is 4.90 Å². The molecule has 0 aliphatic carbocycles. The van der Waals surface area contributed by atoms with Crippen LogP contribution in [-0.2, 0) is 19.5 Å². The third kappa shape index (κ3) is 3.44. The second kappa shape index (κ2) is 6.96. The minimum atomic E-state index is 0.0920. The van der Waals surface area contributed by atoms with Gasteiger partial charge in [0.2, 0.25) is 0 Å². The van der Waals surface area contributed by atoms with Crippen LogP contribution in [0.4, 0.5) is 0 Å². The summed E-state index contributed by atoms with van der Waals surface area (Å²) in [5.74, 6) is 0.0920. The Morgan fingerprint density at radius 1 is 1.24 bits per heavy atom.